The summed E-state index contributed by atoms with van der Waals surface area (Å²) in [4.78, 5) is 23.0. The van der Waals surface area contributed by atoms with Gasteiger partial charge in [0, 0.05) is 34.2 Å². The number of hydrogen-bond donors (Lipinski definition) is 2. The van der Waals surface area contributed by atoms with Gasteiger partial charge in [-0.15, -0.1) is 0 Å². The third-order valence-corrected chi connectivity index (χ3v) is 5.74. The van der Waals surface area contributed by atoms with Crippen molar-refractivity contribution >= 4 is 11.8 Å². The quantitative estimate of drug-likeness (QED) is 0.469. The molecule has 0 fully saturated rings. The Morgan fingerprint density at radius 3 is 1.84 bits per heavy atom. The van der Waals surface area contributed by atoms with Crippen molar-refractivity contribution in [2.75, 3.05) is 0 Å². The van der Waals surface area contributed by atoms with Gasteiger partial charge in [0.05, 0.1) is 5.56 Å². The maximum Gasteiger partial charge on any atom is 0.340 e. The number of hydrogen-bond acceptors (Lipinski definition) is 6. The number of Topliss-reactive ketones (excluding diaryl/α,β-unsaturated/α-hetero) is 1. The largest absolute Gasteiger partial charge is 0.508 e. The predicted octanol–water partition coefficient (Wildman–Crippen LogP) is 5.29. The number of ether oxygens (including phenoxy) is 2. The number of aromatic hydroxyl groups is 2. The molecule has 2 aliphatic heterocycles. The third-order valence-electron chi connectivity index (χ3n) is 5.74. The van der Waals surface area contributed by atoms with Crippen LogP contribution in [0.5, 0.6) is 23.0 Å². The number of benzene rings is 3. The van der Waals surface area contributed by atoms with Gasteiger partial charge in [-0.1, -0.05) is 39.0 Å². The Kier molecular flexibility index (Phi) is 4.96. The highest BCUT2D eigenvalue weighted by molar-refractivity contribution is 5.97. The Balaban J connectivity index is 0.000000307. The summed E-state index contributed by atoms with van der Waals surface area (Å²) in [5.41, 5.74) is 1.14. The van der Waals surface area contributed by atoms with Crippen molar-refractivity contribution in [1.29, 1.82) is 0 Å². The molecule has 2 aliphatic rings. The second-order valence-corrected chi connectivity index (χ2v) is 8.89. The van der Waals surface area contributed by atoms with Crippen molar-refractivity contribution < 1.29 is 29.3 Å². The van der Waals surface area contributed by atoms with E-state index in [-0.39, 0.29) is 22.7 Å². The number of rotatable bonds is 0. The van der Waals surface area contributed by atoms with Gasteiger partial charge < -0.3 is 19.7 Å². The summed E-state index contributed by atoms with van der Waals surface area (Å²) in [6.07, 6.45) is 0. The first kappa shape index (κ1) is 21.4. The Bertz CT molecular complexity index is 1180. The van der Waals surface area contributed by atoms with Crippen molar-refractivity contribution in [1.82, 2.24) is 0 Å². The van der Waals surface area contributed by atoms with Gasteiger partial charge >= 0.3 is 5.97 Å². The van der Waals surface area contributed by atoms with E-state index in [4.69, 9.17) is 9.47 Å². The summed E-state index contributed by atoms with van der Waals surface area (Å²) in [6, 6.07) is 16.6. The van der Waals surface area contributed by atoms with Gasteiger partial charge in [0.25, 0.3) is 0 Å². The lowest BCUT2D eigenvalue weighted by atomic mass is 9.77. The Morgan fingerprint density at radius 2 is 1.34 bits per heavy atom. The van der Waals surface area contributed by atoms with Crippen LogP contribution < -0.4 is 4.74 Å². The van der Waals surface area contributed by atoms with Gasteiger partial charge in [0.2, 0.25) is 0 Å². The Hall–Kier alpha value is -3.80. The van der Waals surface area contributed by atoms with Crippen molar-refractivity contribution in [2.45, 2.75) is 33.3 Å². The first-order valence-corrected chi connectivity index (χ1v) is 10.2. The molecular weight excluding hydrogens is 408 g/mol. The molecule has 1 spiro atoms. The van der Waals surface area contributed by atoms with E-state index in [1.165, 1.54) is 24.3 Å². The van der Waals surface area contributed by atoms with E-state index in [1.54, 1.807) is 31.2 Å². The highest BCUT2D eigenvalue weighted by Crippen LogP contribution is 2.56. The first-order chi connectivity index (χ1) is 15.0. The molecular formula is C26H24O6. The second kappa shape index (κ2) is 7.41. The summed E-state index contributed by atoms with van der Waals surface area (Å²) in [6.45, 7) is 7.35. The molecule has 2 N–H and O–H groups in total. The van der Waals surface area contributed by atoms with Crippen molar-refractivity contribution in [3.05, 3.63) is 82.9 Å². The minimum atomic E-state index is -1.17. The molecule has 6 nitrogen and oxygen atoms in total. The number of phenolic OH excluding ortho intramolecular Hbond substituents is 2. The summed E-state index contributed by atoms with van der Waals surface area (Å²) < 4.78 is 11.8. The van der Waals surface area contributed by atoms with E-state index in [1.807, 2.05) is 32.9 Å². The zero-order chi connectivity index (χ0) is 23.3. The number of carbonyl (C=O) groups is 2. The van der Waals surface area contributed by atoms with Crippen molar-refractivity contribution in [2.24, 2.45) is 5.41 Å². The normalized spacial score (nSPS) is 14.8. The van der Waals surface area contributed by atoms with Gasteiger partial charge in [0.15, 0.2) is 5.60 Å². The highest BCUT2D eigenvalue weighted by Gasteiger charge is 2.53. The summed E-state index contributed by atoms with van der Waals surface area (Å²) in [5.74, 6) is 0.651. The molecule has 2 heterocycles. The molecule has 5 rings (SSSR count). The van der Waals surface area contributed by atoms with Gasteiger partial charge in [-0.3, -0.25) is 4.79 Å². The lowest BCUT2D eigenvalue weighted by Crippen LogP contribution is -2.32. The fourth-order valence-corrected chi connectivity index (χ4v) is 3.65. The summed E-state index contributed by atoms with van der Waals surface area (Å²) in [5, 5.41) is 19.7. The first-order valence-electron chi connectivity index (χ1n) is 10.2. The van der Waals surface area contributed by atoms with Crippen LogP contribution in [0.1, 0.15) is 54.7 Å². The third kappa shape index (κ3) is 3.38. The van der Waals surface area contributed by atoms with Gasteiger partial charge in [-0.2, -0.15) is 0 Å². The molecule has 0 aliphatic carbocycles. The topological polar surface area (TPSA) is 93.1 Å². The van der Waals surface area contributed by atoms with Gasteiger partial charge in [-0.05, 0) is 37.3 Å². The molecule has 0 unspecified atom stereocenters. The van der Waals surface area contributed by atoms with Crippen LogP contribution in [0.4, 0.5) is 0 Å². The van der Waals surface area contributed by atoms with Crippen LogP contribution in [0.25, 0.3) is 0 Å². The van der Waals surface area contributed by atoms with Gasteiger partial charge in [-0.25, -0.2) is 4.79 Å². The maximum absolute atomic E-state index is 12.5. The molecule has 0 amide bonds. The lowest BCUT2D eigenvalue weighted by molar-refractivity contribution is -0.124. The summed E-state index contributed by atoms with van der Waals surface area (Å²) >= 11 is 0. The van der Waals surface area contributed by atoms with E-state index in [9.17, 15) is 19.8 Å². The molecule has 0 saturated carbocycles. The van der Waals surface area contributed by atoms with Crippen LogP contribution in [0.3, 0.4) is 0 Å². The standard InChI is InChI=1S/C20H12O5.C6H12O/c21-11-5-7-15-17(9-11)24-18-10-12(22)6-8-16(18)20(15)14-4-2-1-3-13(14)19(23)25-20;1-5(7)6(2,3)4/h1-10,21-22H;1-4H3. The van der Waals surface area contributed by atoms with Crippen LogP contribution in [0, 0.1) is 5.41 Å². The van der Waals surface area contributed by atoms with Crippen LogP contribution in [-0.2, 0) is 15.1 Å². The van der Waals surface area contributed by atoms with E-state index in [2.05, 4.69) is 0 Å². The molecule has 0 saturated heterocycles. The summed E-state index contributed by atoms with van der Waals surface area (Å²) in [7, 11) is 0. The van der Waals surface area contributed by atoms with Crippen LogP contribution >= 0.6 is 0 Å². The molecule has 0 aromatic heterocycles. The molecule has 32 heavy (non-hydrogen) atoms. The molecule has 3 aromatic carbocycles. The molecule has 3 aromatic rings. The van der Waals surface area contributed by atoms with Crippen LogP contribution in [-0.4, -0.2) is 22.0 Å². The predicted molar refractivity (Wildman–Crippen MR) is 118 cm³/mol. The molecule has 0 bridgehead atoms. The maximum atomic E-state index is 12.5. The van der Waals surface area contributed by atoms with E-state index in [0.717, 1.165) is 0 Å². The van der Waals surface area contributed by atoms with E-state index >= 15 is 0 Å². The fourth-order valence-electron chi connectivity index (χ4n) is 3.65. The highest BCUT2D eigenvalue weighted by atomic mass is 16.6. The van der Waals surface area contributed by atoms with Crippen LogP contribution in [0.2, 0.25) is 0 Å². The fraction of sp³-hybridized carbons (Fsp3) is 0.231. The smallest absolute Gasteiger partial charge is 0.340 e. The SMILES string of the molecule is CC(=O)C(C)(C)C.O=C1OC2(c3ccc(O)cc3Oc3cc(O)ccc32)c2ccccc21. The van der Waals surface area contributed by atoms with Crippen molar-refractivity contribution in [3.63, 3.8) is 0 Å². The number of carbonyl (C=O) groups excluding carboxylic acids is 2. The Morgan fingerprint density at radius 1 is 0.844 bits per heavy atom. The second-order valence-electron chi connectivity index (χ2n) is 8.89. The van der Waals surface area contributed by atoms with Crippen molar-refractivity contribution in [3.8, 4) is 23.0 Å². The minimum Gasteiger partial charge on any atom is -0.508 e. The zero-order valence-electron chi connectivity index (χ0n) is 18.3. The number of esters is 1. The number of phenols is 2. The lowest BCUT2D eigenvalue weighted by Gasteiger charge is -2.36. The van der Waals surface area contributed by atoms with Crippen LogP contribution in [0.15, 0.2) is 60.7 Å². The number of fused-ring (bicyclic) bond motifs is 6. The molecule has 0 radical (unpaired) electrons. The molecule has 164 valence electrons. The van der Waals surface area contributed by atoms with E-state index in [0.29, 0.717) is 33.8 Å². The average Bonchev–Trinajstić information content (AvgIpc) is 3.01. The zero-order valence-corrected chi connectivity index (χ0v) is 18.3. The van der Waals surface area contributed by atoms with E-state index < -0.39 is 11.6 Å². The monoisotopic (exact) mass is 432 g/mol. The molecule has 6 heteroatoms. The molecule has 0 atom stereocenters. The van der Waals surface area contributed by atoms with Gasteiger partial charge in [0.1, 0.15) is 28.8 Å². The average molecular weight is 432 g/mol. The Labute approximate surface area is 186 Å². The minimum absolute atomic E-state index is 0.0371. The number of ketones is 1.